The first-order valence-corrected chi connectivity index (χ1v) is 15.8. The highest BCUT2D eigenvalue weighted by Gasteiger charge is 2.39. The van der Waals surface area contributed by atoms with E-state index in [2.05, 4.69) is 42.1 Å². The van der Waals surface area contributed by atoms with Gasteiger partial charge in [0.2, 0.25) is 11.8 Å². The summed E-state index contributed by atoms with van der Waals surface area (Å²) in [5.41, 5.74) is 18.1. The molecule has 0 saturated carbocycles. The minimum atomic E-state index is -0.716. The number of nitrogens with one attached hydrogen (secondary N) is 6. The van der Waals surface area contributed by atoms with Crippen molar-refractivity contribution in [1.29, 1.82) is 10.8 Å². The summed E-state index contributed by atoms with van der Waals surface area (Å²) in [6.45, 7) is 0. The number of para-hydroxylation sites is 4. The molecule has 0 aliphatic carbocycles. The van der Waals surface area contributed by atoms with Crippen molar-refractivity contribution in [2.24, 2.45) is 20.4 Å². The number of nitrogens with zero attached hydrogens (tertiary/aromatic N) is 4. The second-order valence-electron chi connectivity index (χ2n) is 11.1. The van der Waals surface area contributed by atoms with Gasteiger partial charge in [0.15, 0.2) is 23.6 Å². The Morgan fingerprint density at radius 1 is 0.380 bits per heavy atom. The fourth-order valence-corrected chi connectivity index (χ4v) is 5.22. The molecule has 5 aromatic carbocycles. The summed E-state index contributed by atoms with van der Waals surface area (Å²) in [6.07, 6.45) is -1.43. The maximum atomic E-state index is 8.65. The van der Waals surface area contributed by atoms with E-state index >= 15 is 0 Å². The van der Waals surface area contributed by atoms with Gasteiger partial charge in [0, 0.05) is 0 Å². The molecule has 7 rings (SSSR count). The van der Waals surface area contributed by atoms with E-state index in [0.717, 1.165) is 33.9 Å². The van der Waals surface area contributed by atoms with Crippen LogP contribution in [-0.2, 0) is 9.47 Å². The predicted octanol–water partition coefficient (Wildman–Crippen LogP) is 7.66. The highest BCUT2D eigenvalue weighted by atomic mass is 16.5. The zero-order valence-corrected chi connectivity index (χ0v) is 26.6. The lowest BCUT2D eigenvalue weighted by atomic mass is 9.98. The van der Waals surface area contributed by atoms with Crippen molar-refractivity contribution in [3.05, 3.63) is 157 Å². The first-order valence-electron chi connectivity index (χ1n) is 15.8. The smallest absolute Gasteiger partial charge is 0.237 e. The Hall–Kier alpha value is -7.08. The van der Waals surface area contributed by atoms with Gasteiger partial charge in [-0.2, -0.15) is 20.4 Å². The number of hydrazone groups is 4. The van der Waals surface area contributed by atoms with Gasteiger partial charge in [-0.1, -0.05) is 97.1 Å². The maximum Gasteiger partial charge on any atom is 0.237 e. The predicted molar refractivity (Wildman–Crippen MR) is 200 cm³/mol. The molecule has 2 heterocycles. The molecule has 2 atom stereocenters. The lowest BCUT2D eigenvalue weighted by Gasteiger charge is -2.14. The van der Waals surface area contributed by atoms with E-state index in [0.29, 0.717) is 11.4 Å². The van der Waals surface area contributed by atoms with Gasteiger partial charge in [0.1, 0.15) is 11.4 Å². The fraction of sp³-hybridized carbons (Fsp3) is 0.0526. The Labute approximate surface area is 288 Å². The average molecular weight is 661 g/mol. The molecule has 0 aromatic heterocycles. The van der Waals surface area contributed by atoms with Gasteiger partial charge in [0.05, 0.1) is 22.7 Å². The summed E-state index contributed by atoms with van der Waals surface area (Å²) >= 11 is 0. The van der Waals surface area contributed by atoms with Crippen LogP contribution in [0.25, 0.3) is 0 Å². The van der Waals surface area contributed by atoms with E-state index in [1.165, 1.54) is 0 Å². The van der Waals surface area contributed by atoms with Gasteiger partial charge < -0.3 is 9.47 Å². The monoisotopic (exact) mass is 660 g/mol. The van der Waals surface area contributed by atoms with Crippen molar-refractivity contribution in [3.8, 4) is 0 Å². The van der Waals surface area contributed by atoms with Crippen LogP contribution < -0.4 is 21.7 Å². The quantitative estimate of drug-likeness (QED) is 0.0843. The zero-order valence-electron chi connectivity index (χ0n) is 26.6. The molecular weight excluding hydrogens is 628 g/mol. The normalized spacial score (nSPS) is 20.2. The first-order chi connectivity index (χ1) is 24.6. The molecule has 6 N–H and O–H groups in total. The molecule has 2 saturated heterocycles. The summed E-state index contributed by atoms with van der Waals surface area (Å²) in [7, 11) is 0. The van der Waals surface area contributed by atoms with Crippen molar-refractivity contribution in [3.63, 3.8) is 0 Å². The van der Waals surface area contributed by atoms with Gasteiger partial charge in [-0.25, -0.2) is 0 Å². The molecule has 12 heteroatoms. The standard InChI is InChI=1S/C38H32N10O2/c39-37-33(47-43-29-17-9-3-10-18-29)31(45-41-27-13-5-1-6-14-27)35(49-37)25-21-23-26(24-22-25)36-32(46-42-28-15-7-2-8-16-28)34(38(40)50-36)48-44-30-19-11-4-12-20-30/h1-24,35-36,39-44H/b39-37?,40-38?,45-31+,46-32+,47-33+,48-34+/t35-,36-/m0/s1. The SMILES string of the molecule is N=C1O[C@@H](c2ccc([C@@H]3OC(=N)C(=N/Nc4ccccc4)/C3=N\Nc3ccccc3)cc2)C(=N/Nc2ccccc2)/C1=N\Nc1ccccc1. The topological polar surface area (TPSA) is 164 Å². The average Bonchev–Trinajstić information content (AvgIpc) is 3.67. The summed E-state index contributed by atoms with van der Waals surface area (Å²) in [6, 6.07) is 45.5. The molecule has 0 spiro atoms. The molecule has 50 heavy (non-hydrogen) atoms. The van der Waals surface area contributed by atoms with Gasteiger partial charge >= 0.3 is 0 Å². The van der Waals surface area contributed by atoms with E-state index in [-0.39, 0.29) is 23.2 Å². The van der Waals surface area contributed by atoms with Crippen LogP contribution in [0, 0.1) is 10.8 Å². The minimum absolute atomic E-state index is 0.114. The van der Waals surface area contributed by atoms with Crippen LogP contribution in [0.15, 0.2) is 166 Å². The molecule has 0 radical (unpaired) electrons. The molecule has 0 unspecified atom stereocenters. The number of ether oxygens (including phenoxy) is 2. The van der Waals surface area contributed by atoms with E-state index in [1.807, 2.05) is 146 Å². The Balaban J connectivity index is 1.18. The van der Waals surface area contributed by atoms with Crippen LogP contribution in [0.2, 0.25) is 0 Å². The number of hydrogen-bond donors (Lipinski definition) is 6. The van der Waals surface area contributed by atoms with Crippen molar-refractivity contribution < 1.29 is 9.47 Å². The first kappa shape index (κ1) is 31.5. The van der Waals surface area contributed by atoms with Crippen molar-refractivity contribution in [2.45, 2.75) is 12.2 Å². The second kappa shape index (κ2) is 14.8. The molecule has 0 bridgehead atoms. The summed E-state index contributed by atoms with van der Waals surface area (Å²) in [5.74, 6) is -0.228. The third-order valence-electron chi connectivity index (χ3n) is 7.73. The van der Waals surface area contributed by atoms with E-state index < -0.39 is 12.2 Å². The molecule has 0 amide bonds. The van der Waals surface area contributed by atoms with Gasteiger partial charge in [-0.3, -0.25) is 32.5 Å². The Bertz CT molecular complexity index is 1930. The van der Waals surface area contributed by atoms with Crippen LogP contribution in [0.5, 0.6) is 0 Å². The zero-order chi connectivity index (χ0) is 34.1. The molecule has 246 valence electrons. The minimum Gasteiger partial charge on any atom is -0.461 e. The van der Waals surface area contributed by atoms with Gasteiger partial charge in [0.25, 0.3) is 0 Å². The van der Waals surface area contributed by atoms with Crippen LogP contribution in [-0.4, -0.2) is 34.6 Å². The number of rotatable bonds is 10. The highest BCUT2D eigenvalue weighted by Crippen LogP contribution is 2.32. The summed E-state index contributed by atoms with van der Waals surface area (Å²) in [5, 5.41) is 35.6. The third-order valence-corrected chi connectivity index (χ3v) is 7.73. The van der Waals surface area contributed by atoms with Crippen molar-refractivity contribution in [2.75, 3.05) is 21.7 Å². The Morgan fingerprint density at radius 3 is 0.960 bits per heavy atom. The molecule has 2 aliphatic rings. The maximum absolute atomic E-state index is 8.65. The lowest BCUT2D eigenvalue weighted by Crippen LogP contribution is -2.20. The van der Waals surface area contributed by atoms with Gasteiger partial charge in [-0.15, -0.1) is 0 Å². The largest absolute Gasteiger partial charge is 0.461 e. The third kappa shape index (κ3) is 7.24. The van der Waals surface area contributed by atoms with E-state index in [4.69, 9.17) is 20.3 Å². The molecule has 12 nitrogen and oxygen atoms in total. The summed E-state index contributed by atoms with van der Waals surface area (Å²) < 4.78 is 12.1. The molecule has 2 fully saturated rings. The van der Waals surface area contributed by atoms with Gasteiger partial charge in [-0.05, 0) is 59.7 Å². The van der Waals surface area contributed by atoms with E-state index in [9.17, 15) is 0 Å². The highest BCUT2D eigenvalue weighted by molar-refractivity contribution is 6.70. The number of anilines is 4. The van der Waals surface area contributed by atoms with Crippen LogP contribution in [0.4, 0.5) is 22.7 Å². The Morgan fingerprint density at radius 2 is 0.660 bits per heavy atom. The lowest BCUT2D eigenvalue weighted by molar-refractivity contribution is 0.271. The number of hydrogen-bond acceptors (Lipinski definition) is 12. The van der Waals surface area contributed by atoms with Crippen molar-refractivity contribution in [1.82, 2.24) is 0 Å². The van der Waals surface area contributed by atoms with E-state index in [1.54, 1.807) is 0 Å². The molecule has 5 aromatic rings. The second-order valence-corrected chi connectivity index (χ2v) is 11.1. The molecular formula is C38H32N10O2. The molecule has 2 aliphatic heterocycles. The number of benzene rings is 5. The van der Waals surface area contributed by atoms with Crippen LogP contribution in [0.1, 0.15) is 23.3 Å². The van der Waals surface area contributed by atoms with Crippen molar-refractivity contribution >= 4 is 57.4 Å². The van der Waals surface area contributed by atoms with Crippen LogP contribution >= 0.6 is 0 Å². The summed E-state index contributed by atoms with van der Waals surface area (Å²) in [4.78, 5) is 0. The van der Waals surface area contributed by atoms with Crippen LogP contribution in [0.3, 0.4) is 0 Å². The fourth-order valence-electron chi connectivity index (χ4n) is 5.22. The Kier molecular flexibility index (Phi) is 9.31.